The lowest BCUT2D eigenvalue weighted by Crippen LogP contribution is -2.61. The molecule has 0 bridgehead atoms. The van der Waals surface area contributed by atoms with Crippen LogP contribution in [-0.4, -0.2) is 12.3 Å². The highest BCUT2D eigenvalue weighted by Crippen LogP contribution is 2.61. The number of anilines is 8. The monoisotopic (exact) mass is 982 g/mol. The zero-order chi connectivity index (χ0) is 52.4. The van der Waals surface area contributed by atoms with E-state index in [2.05, 4.69) is 268 Å². The molecule has 0 aromatic heterocycles. The summed E-state index contributed by atoms with van der Waals surface area (Å²) >= 11 is 0. The van der Waals surface area contributed by atoms with Crippen molar-refractivity contribution >= 4 is 68.6 Å². The average Bonchev–Trinajstić information content (AvgIpc) is 3.71. The smallest absolute Gasteiger partial charge is 0.252 e. The van der Waals surface area contributed by atoms with Gasteiger partial charge in [0, 0.05) is 50.8 Å². The first-order valence-corrected chi connectivity index (χ1v) is 28.1. The Hall–Kier alpha value is -6.78. The topological polar surface area (TPSA) is 9.72 Å². The average molecular weight is 982 g/mol. The Morgan fingerprint density at radius 2 is 0.973 bits per heavy atom. The number of fused-ring (bicyclic) bond motifs is 7. The van der Waals surface area contributed by atoms with E-state index >= 15 is 0 Å². The summed E-state index contributed by atoms with van der Waals surface area (Å²) in [6.07, 6.45) is 7.44. The molecule has 1 saturated carbocycles. The molecule has 8 aromatic rings. The molecule has 0 N–H and O–H groups in total. The maximum atomic E-state index is 2.81. The molecular weight excluding hydrogens is 906 g/mol. The molecule has 3 aliphatic heterocycles. The normalized spacial score (nSPS) is 19.1. The maximum absolute atomic E-state index is 2.81. The number of hydrogen-bond acceptors (Lipinski definition) is 3. The number of aryl methyl sites for hydroxylation is 1. The summed E-state index contributed by atoms with van der Waals surface area (Å²) in [5.74, 6) is 0. The van der Waals surface area contributed by atoms with Crippen LogP contribution in [0.3, 0.4) is 0 Å². The zero-order valence-electron chi connectivity index (χ0n) is 46.8. The van der Waals surface area contributed by atoms with Crippen molar-refractivity contribution in [1.82, 2.24) is 0 Å². The molecule has 0 radical (unpaired) electrons. The van der Waals surface area contributed by atoms with Crippen molar-refractivity contribution in [1.29, 1.82) is 0 Å². The van der Waals surface area contributed by atoms with Crippen LogP contribution in [-0.2, 0) is 21.7 Å². The van der Waals surface area contributed by atoms with Gasteiger partial charge in [0.2, 0.25) is 0 Å². The first-order chi connectivity index (χ1) is 35.7. The summed E-state index contributed by atoms with van der Waals surface area (Å²) in [5, 5.41) is 0. The van der Waals surface area contributed by atoms with Crippen LogP contribution in [0.2, 0.25) is 0 Å². The van der Waals surface area contributed by atoms with Gasteiger partial charge in [0.15, 0.2) is 0 Å². The van der Waals surface area contributed by atoms with Gasteiger partial charge in [-0.2, -0.15) is 0 Å². The van der Waals surface area contributed by atoms with Gasteiger partial charge < -0.3 is 14.7 Å². The largest absolute Gasteiger partial charge is 0.334 e. The lowest BCUT2D eigenvalue weighted by atomic mass is 9.33. The van der Waals surface area contributed by atoms with Gasteiger partial charge in [-0.15, -0.1) is 0 Å². The fraction of sp³-hybridized carbons (Fsp3) is 0.324. The molecule has 1 aliphatic carbocycles. The van der Waals surface area contributed by atoms with Crippen molar-refractivity contribution in [3.8, 4) is 22.3 Å². The van der Waals surface area contributed by atoms with E-state index in [1.54, 1.807) is 0 Å². The number of rotatable bonds is 5. The molecule has 8 aromatic carbocycles. The molecule has 3 nitrogen and oxygen atoms in total. The lowest BCUT2D eigenvalue weighted by Gasteiger charge is -2.49. The molecule has 4 heteroatoms. The second kappa shape index (κ2) is 17.7. The molecule has 378 valence electrons. The minimum atomic E-state index is -0.114. The Labute approximate surface area is 449 Å². The summed E-state index contributed by atoms with van der Waals surface area (Å²) in [6.45, 7) is 28.5. The van der Waals surface area contributed by atoms with Gasteiger partial charge in [0.25, 0.3) is 6.71 Å². The van der Waals surface area contributed by atoms with Crippen LogP contribution in [0.5, 0.6) is 0 Å². The van der Waals surface area contributed by atoms with Crippen molar-refractivity contribution in [2.45, 2.75) is 149 Å². The van der Waals surface area contributed by atoms with Crippen molar-refractivity contribution < 1.29 is 0 Å². The molecule has 0 amide bonds. The van der Waals surface area contributed by atoms with E-state index in [1.165, 1.54) is 144 Å². The lowest BCUT2D eigenvalue weighted by molar-refractivity contribution is 0.217. The number of nitrogens with zero attached hydrogens (tertiary/aromatic N) is 3. The highest BCUT2D eigenvalue weighted by Gasteiger charge is 2.57. The minimum absolute atomic E-state index is 0.00962. The molecule has 1 fully saturated rings. The third-order valence-electron chi connectivity index (χ3n) is 18.2. The van der Waals surface area contributed by atoms with Crippen LogP contribution in [0.25, 0.3) is 22.3 Å². The van der Waals surface area contributed by atoms with Crippen LogP contribution in [0.15, 0.2) is 170 Å². The molecule has 12 rings (SSSR count). The van der Waals surface area contributed by atoms with E-state index in [-0.39, 0.29) is 33.9 Å². The number of hydrogen-bond donors (Lipinski definition) is 0. The maximum Gasteiger partial charge on any atom is 0.252 e. The summed E-state index contributed by atoms with van der Waals surface area (Å²) in [6, 6.07) is 66.2. The Morgan fingerprint density at radius 3 is 1.63 bits per heavy atom. The Morgan fingerprint density at radius 1 is 0.413 bits per heavy atom. The van der Waals surface area contributed by atoms with E-state index in [0.717, 1.165) is 6.42 Å². The summed E-state index contributed by atoms with van der Waals surface area (Å²) in [5.41, 5.74) is 25.7. The van der Waals surface area contributed by atoms with Crippen LogP contribution < -0.4 is 31.1 Å². The van der Waals surface area contributed by atoms with E-state index in [0.29, 0.717) is 0 Å². The van der Waals surface area contributed by atoms with Crippen LogP contribution in [0.4, 0.5) is 45.5 Å². The van der Waals surface area contributed by atoms with E-state index in [1.807, 2.05) is 0 Å². The van der Waals surface area contributed by atoms with Gasteiger partial charge >= 0.3 is 0 Å². The molecule has 2 atom stereocenters. The second-order valence-corrected chi connectivity index (χ2v) is 26.2. The van der Waals surface area contributed by atoms with Gasteiger partial charge in [-0.05, 0) is 164 Å². The predicted octanol–water partition coefficient (Wildman–Crippen LogP) is 17.8. The third kappa shape index (κ3) is 7.99. The van der Waals surface area contributed by atoms with Gasteiger partial charge in [-0.3, -0.25) is 0 Å². The molecule has 3 heterocycles. The van der Waals surface area contributed by atoms with Crippen molar-refractivity contribution in [2.24, 2.45) is 0 Å². The van der Waals surface area contributed by atoms with Crippen LogP contribution >= 0.6 is 0 Å². The van der Waals surface area contributed by atoms with Crippen LogP contribution in [0.1, 0.15) is 143 Å². The summed E-state index contributed by atoms with van der Waals surface area (Å²) in [7, 11) is 0. The van der Waals surface area contributed by atoms with E-state index < -0.39 is 0 Å². The Balaban J connectivity index is 1.15. The second-order valence-electron chi connectivity index (χ2n) is 26.2. The summed E-state index contributed by atoms with van der Waals surface area (Å²) in [4.78, 5) is 8.07. The summed E-state index contributed by atoms with van der Waals surface area (Å²) < 4.78 is 0. The van der Waals surface area contributed by atoms with Crippen LogP contribution in [0, 0.1) is 6.92 Å². The van der Waals surface area contributed by atoms with E-state index in [9.17, 15) is 0 Å². The molecular formula is C71H76BN3. The first-order valence-electron chi connectivity index (χ1n) is 28.1. The minimum Gasteiger partial charge on any atom is -0.334 e. The zero-order valence-corrected chi connectivity index (χ0v) is 46.8. The molecule has 0 spiro atoms. The van der Waals surface area contributed by atoms with Gasteiger partial charge in [0.1, 0.15) is 0 Å². The fourth-order valence-electron chi connectivity index (χ4n) is 13.7. The first kappa shape index (κ1) is 49.1. The van der Waals surface area contributed by atoms with Gasteiger partial charge in [-0.25, -0.2) is 0 Å². The standard InChI is InChI=1S/C71H76BN3/c1-47-41-64-66-65(42-47)74(60-37-30-52(68(5,6)7)44-56(60)49-25-19-16-20-26-49)62-36-27-50(48-23-17-15-18-24-48)43-59(62)72(66)58-35-34-55(46-63(58)73(64)54-32-28-51(29-33-54)67(2,3)4)75-61-38-31-53(69(8,9)10)45-57(61)70(11)39-21-13-14-22-40-71(70,75)12/h15-20,23-38,41-46H,13-14,21-22,39-40H2,1-12H3. The highest BCUT2D eigenvalue weighted by atomic mass is 15.3. The third-order valence-corrected chi connectivity index (χ3v) is 18.2. The highest BCUT2D eigenvalue weighted by molar-refractivity contribution is 7.00. The van der Waals surface area contributed by atoms with E-state index in [4.69, 9.17) is 0 Å². The SMILES string of the molecule is Cc1cc2c3c(c1)N(c1ccc(C(C)(C)C)cc1-c1ccccc1)c1ccc(-c4ccccc4)cc1B3c1ccc(N3c4ccc(C(C)(C)C)cc4C4(C)CCCCCCC34C)cc1N2c1ccc(C(C)(C)C)cc1. The van der Waals surface area contributed by atoms with Crippen molar-refractivity contribution in [2.75, 3.05) is 14.7 Å². The quantitative estimate of drug-likeness (QED) is 0.159. The fourth-order valence-corrected chi connectivity index (χ4v) is 13.7. The van der Waals surface area contributed by atoms with Gasteiger partial charge in [-0.1, -0.05) is 204 Å². The van der Waals surface area contributed by atoms with Gasteiger partial charge in [0.05, 0.1) is 11.2 Å². The molecule has 4 aliphatic rings. The number of benzene rings is 8. The molecule has 0 saturated heterocycles. The Kier molecular flexibility index (Phi) is 11.6. The van der Waals surface area contributed by atoms with Crippen molar-refractivity contribution in [3.63, 3.8) is 0 Å². The predicted molar refractivity (Wildman–Crippen MR) is 324 cm³/mol. The Bertz CT molecular complexity index is 3500. The van der Waals surface area contributed by atoms with Crippen molar-refractivity contribution in [3.05, 3.63) is 198 Å². The molecule has 2 unspecified atom stereocenters. The molecule has 75 heavy (non-hydrogen) atoms.